The van der Waals surface area contributed by atoms with Crippen molar-refractivity contribution >= 4 is 40.0 Å². The number of nitrogens with zero attached hydrogens (tertiary/aromatic N) is 2. The highest BCUT2D eigenvalue weighted by Crippen LogP contribution is 2.17. The highest BCUT2D eigenvalue weighted by Gasteiger charge is 2.29. The Morgan fingerprint density at radius 1 is 1.38 bits per heavy atom. The molecule has 10 nitrogen and oxygen atoms in total. The first kappa shape index (κ1) is 21.5. The molecule has 144 valence electrons. The summed E-state index contributed by atoms with van der Waals surface area (Å²) in [7, 11) is 1.27. The van der Waals surface area contributed by atoms with Gasteiger partial charge in [0.2, 0.25) is 5.71 Å². The van der Waals surface area contributed by atoms with Crippen molar-refractivity contribution in [3.63, 3.8) is 0 Å². The third-order valence-electron chi connectivity index (χ3n) is 2.57. The van der Waals surface area contributed by atoms with Gasteiger partial charge >= 0.3 is 11.9 Å². The zero-order valence-corrected chi connectivity index (χ0v) is 16.0. The van der Waals surface area contributed by atoms with Crippen LogP contribution in [0.4, 0.5) is 5.13 Å². The van der Waals surface area contributed by atoms with Crippen molar-refractivity contribution in [1.82, 2.24) is 4.98 Å². The Morgan fingerprint density at radius 3 is 2.58 bits per heavy atom. The van der Waals surface area contributed by atoms with Crippen molar-refractivity contribution in [3.8, 4) is 0 Å². The molecule has 0 aliphatic carbocycles. The molecular formula is C15H22N4O6S. The minimum Gasteiger partial charge on any atom is -0.461 e. The quantitative estimate of drug-likeness (QED) is 0.301. The second kappa shape index (κ2) is 9.25. The molecular weight excluding hydrogens is 364 g/mol. The molecule has 0 bridgehead atoms. The number of carbonyl (C=O) groups is 3. The van der Waals surface area contributed by atoms with Crippen LogP contribution in [0.3, 0.4) is 0 Å². The molecule has 26 heavy (non-hydrogen) atoms. The van der Waals surface area contributed by atoms with Crippen molar-refractivity contribution in [2.75, 3.05) is 19.0 Å². The van der Waals surface area contributed by atoms with E-state index in [-0.39, 0.29) is 23.1 Å². The average molecular weight is 386 g/mol. The smallest absolute Gasteiger partial charge is 0.362 e. The van der Waals surface area contributed by atoms with E-state index in [2.05, 4.69) is 20.3 Å². The molecule has 0 aliphatic heterocycles. The van der Waals surface area contributed by atoms with Gasteiger partial charge in [-0.05, 0) is 27.7 Å². The Balaban J connectivity index is 2.84. The van der Waals surface area contributed by atoms with Crippen molar-refractivity contribution in [3.05, 3.63) is 11.1 Å². The lowest BCUT2D eigenvalue weighted by Crippen LogP contribution is -2.45. The third kappa shape index (κ3) is 6.41. The summed E-state index contributed by atoms with van der Waals surface area (Å²) >= 11 is 1.01. The van der Waals surface area contributed by atoms with Crippen molar-refractivity contribution in [2.45, 2.75) is 39.3 Å². The summed E-state index contributed by atoms with van der Waals surface area (Å²) in [6.07, 6.45) is 0. The van der Waals surface area contributed by atoms with E-state index in [1.54, 1.807) is 27.7 Å². The van der Waals surface area contributed by atoms with E-state index in [9.17, 15) is 14.4 Å². The molecule has 0 saturated heterocycles. The van der Waals surface area contributed by atoms with Crippen LogP contribution in [0.15, 0.2) is 10.5 Å². The van der Waals surface area contributed by atoms with E-state index >= 15 is 0 Å². The van der Waals surface area contributed by atoms with Crippen LogP contribution in [0.25, 0.3) is 0 Å². The van der Waals surface area contributed by atoms with Gasteiger partial charge in [0, 0.05) is 5.38 Å². The summed E-state index contributed by atoms with van der Waals surface area (Å²) in [5.74, 6) is -2.37. The van der Waals surface area contributed by atoms with Crippen LogP contribution in [0.5, 0.6) is 0 Å². The van der Waals surface area contributed by atoms with Crippen molar-refractivity contribution in [1.29, 1.82) is 0 Å². The molecule has 1 unspecified atom stereocenters. The number of thiazole rings is 1. The molecule has 1 rings (SSSR count). The van der Waals surface area contributed by atoms with Gasteiger partial charge in [0.15, 0.2) is 11.2 Å². The Kier molecular flexibility index (Phi) is 7.65. The monoisotopic (exact) mass is 386 g/mol. The maximum Gasteiger partial charge on any atom is 0.362 e. The first-order valence-corrected chi connectivity index (χ1v) is 8.50. The van der Waals surface area contributed by atoms with E-state index in [4.69, 9.17) is 15.2 Å². The lowest BCUT2D eigenvalue weighted by atomic mass is 10.2. The Morgan fingerprint density at radius 2 is 2.04 bits per heavy atom. The van der Waals surface area contributed by atoms with Crippen LogP contribution in [0, 0.1) is 0 Å². The summed E-state index contributed by atoms with van der Waals surface area (Å²) in [5.41, 5.74) is 4.82. The van der Waals surface area contributed by atoms with Crippen LogP contribution < -0.4 is 11.1 Å². The second-order valence-corrected chi connectivity index (χ2v) is 6.74. The SMILES string of the molecule is CCOC(=O)/C(=N\OC)c1csc(NC(=O)C(N)C(=O)OC(C)(C)C)n1. The lowest BCUT2D eigenvalue weighted by Gasteiger charge is -2.21. The van der Waals surface area contributed by atoms with E-state index in [0.29, 0.717) is 0 Å². The first-order chi connectivity index (χ1) is 12.1. The Bertz CT molecular complexity index is 695. The minimum atomic E-state index is -1.52. The molecule has 0 fully saturated rings. The van der Waals surface area contributed by atoms with Gasteiger partial charge in [-0.15, -0.1) is 11.3 Å². The minimum absolute atomic E-state index is 0.122. The Hall–Kier alpha value is -2.53. The molecule has 1 heterocycles. The van der Waals surface area contributed by atoms with Gasteiger partial charge in [-0.1, -0.05) is 5.16 Å². The summed E-state index contributed by atoms with van der Waals surface area (Å²) in [5, 5.41) is 7.57. The van der Waals surface area contributed by atoms with E-state index in [1.807, 2.05) is 0 Å². The van der Waals surface area contributed by atoms with E-state index in [1.165, 1.54) is 12.5 Å². The molecule has 0 radical (unpaired) electrons. The number of oxime groups is 1. The number of hydrogen-bond acceptors (Lipinski definition) is 10. The maximum absolute atomic E-state index is 12.1. The van der Waals surface area contributed by atoms with Gasteiger partial charge in [-0.3, -0.25) is 4.79 Å². The predicted molar refractivity (Wildman–Crippen MR) is 94.7 cm³/mol. The third-order valence-corrected chi connectivity index (χ3v) is 3.33. The normalized spacial score (nSPS) is 12.9. The molecule has 1 aromatic heterocycles. The number of nitrogens with two attached hydrogens (primary N) is 1. The molecule has 11 heteroatoms. The number of anilines is 1. The van der Waals surface area contributed by atoms with Gasteiger partial charge in [0.05, 0.1) is 6.61 Å². The average Bonchev–Trinajstić information content (AvgIpc) is 2.98. The summed E-state index contributed by atoms with van der Waals surface area (Å²) in [6.45, 7) is 6.78. The molecule has 1 aromatic rings. The number of esters is 2. The lowest BCUT2D eigenvalue weighted by molar-refractivity contribution is -0.157. The fourth-order valence-electron chi connectivity index (χ4n) is 1.57. The molecule has 3 N–H and O–H groups in total. The Labute approximate surface area is 154 Å². The maximum atomic E-state index is 12.1. The predicted octanol–water partition coefficient (Wildman–Crippen LogP) is 0.664. The summed E-state index contributed by atoms with van der Waals surface area (Å²) in [4.78, 5) is 44.4. The largest absolute Gasteiger partial charge is 0.461 e. The van der Waals surface area contributed by atoms with E-state index < -0.39 is 29.5 Å². The molecule has 0 spiro atoms. The number of rotatable bonds is 7. The molecule has 0 aliphatic rings. The van der Waals surface area contributed by atoms with Gasteiger partial charge in [0.25, 0.3) is 5.91 Å². The number of carbonyl (C=O) groups excluding carboxylic acids is 3. The van der Waals surface area contributed by atoms with Crippen LogP contribution in [-0.2, 0) is 28.7 Å². The van der Waals surface area contributed by atoms with Gasteiger partial charge in [-0.2, -0.15) is 0 Å². The summed E-state index contributed by atoms with van der Waals surface area (Å²) < 4.78 is 9.92. The van der Waals surface area contributed by atoms with Gasteiger partial charge in [0.1, 0.15) is 18.4 Å². The standard InChI is InChI=1S/C15H22N4O6S/c1-6-24-13(22)10(19-23-5)8-7-26-14(17-8)18-11(20)9(16)12(21)25-15(2,3)4/h7,9H,6,16H2,1-5H3,(H,17,18,20)/b19-10-. The second-order valence-electron chi connectivity index (χ2n) is 5.88. The van der Waals surface area contributed by atoms with E-state index in [0.717, 1.165) is 11.3 Å². The number of nitrogens with one attached hydrogen (secondary N) is 1. The fraction of sp³-hybridized carbons (Fsp3) is 0.533. The number of ether oxygens (including phenoxy) is 2. The highest BCUT2D eigenvalue weighted by atomic mass is 32.1. The highest BCUT2D eigenvalue weighted by molar-refractivity contribution is 7.14. The number of hydrogen-bond donors (Lipinski definition) is 2. The van der Waals surface area contributed by atoms with Crippen molar-refractivity contribution < 1.29 is 28.7 Å². The van der Waals surface area contributed by atoms with Crippen LogP contribution >= 0.6 is 11.3 Å². The zero-order chi connectivity index (χ0) is 19.9. The molecule has 0 aromatic carbocycles. The topological polar surface area (TPSA) is 142 Å². The first-order valence-electron chi connectivity index (χ1n) is 7.62. The molecule has 0 saturated carbocycles. The van der Waals surface area contributed by atoms with Gasteiger partial charge in [-0.25, -0.2) is 14.6 Å². The van der Waals surface area contributed by atoms with Crippen LogP contribution in [0.1, 0.15) is 33.4 Å². The van der Waals surface area contributed by atoms with Crippen molar-refractivity contribution in [2.24, 2.45) is 10.9 Å². The van der Waals surface area contributed by atoms with Crippen LogP contribution in [-0.4, -0.2) is 53.9 Å². The zero-order valence-electron chi connectivity index (χ0n) is 15.2. The fourth-order valence-corrected chi connectivity index (χ4v) is 2.27. The van der Waals surface area contributed by atoms with Crippen LogP contribution in [0.2, 0.25) is 0 Å². The summed E-state index contributed by atoms with van der Waals surface area (Å²) in [6, 6.07) is -1.52. The number of aromatic nitrogens is 1. The molecule has 1 amide bonds. The molecule has 1 atom stereocenters. The van der Waals surface area contributed by atoms with Gasteiger partial charge < -0.3 is 25.4 Å². The number of amides is 1.